The summed E-state index contributed by atoms with van der Waals surface area (Å²) < 4.78 is 0. The molecule has 1 rings (SSSR count). The summed E-state index contributed by atoms with van der Waals surface area (Å²) >= 11 is 0. The van der Waals surface area contributed by atoms with Gasteiger partial charge in [0, 0.05) is 18.7 Å². The number of aromatic nitrogens is 2. The fraction of sp³-hybridized carbons (Fsp3) is 0.692. The van der Waals surface area contributed by atoms with Crippen LogP contribution in [0, 0.1) is 6.92 Å². The molecule has 0 saturated carbocycles. The van der Waals surface area contributed by atoms with Crippen molar-refractivity contribution in [1.82, 2.24) is 9.97 Å². The van der Waals surface area contributed by atoms with Gasteiger partial charge in [-0.3, -0.25) is 0 Å². The average Bonchev–Trinajstić information content (AvgIpc) is 2.33. The molecule has 0 atom stereocenters. The van der Waals surface area contributed by atoms with Crippen molar-refractivity contribution in [3.63, 3.8) is 0 Å². The number of unbranched alkanes of at least 4 members (excludes halogenated alkanes) is 3. The minimum atomic E-state index is 0.883. The maximum absolute atomic E-state index is 4.28. The minimum absolute atomic E-state index is 0.883. The smallest absolute Gasteiger partial charge is 0.134 e. The summed E-state index contributed by atoms with van der Waals surface area (Å²) in [4.78, 5) is 8.50. The van der Waals surface area contributed by atoms with Crippen LogP contribution in [0.15, 0.2) is 6.33 Å². The Bertz CT molecular complexity index is 325. The maximum Gasteiger partial charge on any atom is 0.134 e. The summed E-state index contributed by atoms with van der Waals surface area (Å²) in [5.41, 5.74) is 1.10. The molecule has 96 valence electrons. The monoisotopic (exact) mass is 236 g/mol. The molecule has 0 spiro atoms. The highest BCUT2D eigenvalue weighted by Crippen LogP contribution is 2.17. The summed E-state index contributed by atoms with van der Waals surface area (Å²) in [5, 5.41) is 6.62. The van der Waals surface area contributed by atoms with Crippen molar-refractivity contribution in [2.45, 2.75) is 46.5 Å². The third-order valence-corrected chi connectivity index (χ3v) is 2.75. The average molecular weight is 236 g/mol. The Labute approximate surface area is 104 Å². The Morgan fingerprint density at radius 1 is 1.00 bits per heavy atom. The molecule has 17 heavy (non-hydrogen) atoms. The van der Waals surface area contributed by atoms with Crippen LogP contribution in [0.3, 0.4) is 0 Å². The molecule has 4 nitrogen and oxygen atoms in total. The Morgan fingerprint density at radius 2 is 1.71 bits per heavy atom. The predicted molar refractivity (Wildman–Crippen MR) is 73.6 cm³/mol. The van der Waals surface area contributed by atoms with E-state index in [1.807, 2.05) is 6.92 Å². The summed E-state index contributed by atoms with van der Waals surface area (Å²) in [5.74, 6) is 1.88. The lowest BCUT2D eigenvalue weighted by Gasteiger charge is -2.11. The highest BCUT2D eigenvalue weighted by Gasteiger charge is 2.04. The fourth-order valence-electron chi connectivity index (χ4n) is 1.73. The van der Waals surface area contributed by atoms with Crippen LogP contribution in [-0.2, 0) is 0 Å². The van der Waals surface area contributed by atoms with Crippen LogP contribution in [-0.4, -0.2) is 23.1 Å². The number of nitrogens with zero attached hydrogens (tertiary/aromatic N) is 2. The van der Waals surface area contributed by atoms with E-state index < -0.39 is 0 Å². The summed E-state index contributed by atoms with van der Waals surface area (Å²) in [7, 11) is 0. The minimum Gasteiger partial charge on any atom is -0.370 e. The molecular weight excluding hydrogens is 212 g/mol. The second-order valence-electron chi connectivity index (χ2n) is 4.21. The van der Waals surface area contributed by atoms with Crippen molar-refractivity contribution in [3.8, 4) is 0 Å². The van der Waals surface area contributed by atoms with E-state index in [9.17, 15) is 0 Å². The van der Waals surface area contributed by atoms with Crippen molar-refractivity contribution in [3.05, 3.63) is 11.9 Å². The van der Waals surface area contributed by atoms with Crippen molar-refractivity contribution in [1.29, 1.82) is 0 Å². The molecule has 0 aromatic carbocycles. The molecule has 4 heteroatoms. The van der Waals surface area contributed by atoms with Crippen LogP contribution in [0.5, 0.6) is 0 Å². The number of nitrogens with one attached hydrogen (secondary N) is 2. The SMILES string of the molecule is CCCCCCNc1ncnc(NCC)c1C. The Morgan fingerprint density at radius 3 is 2.35 bits per heavy atom. The van der Waals surface area contributed by atoms with E-state index in [0.717, 1.165) is 30.3 Å². The third kappa shape index (κ3) is 4.59. The van der Waals surface area contributed by atoms with E-state index in [4.69, 9.17) is 0 Å². The lowest BCUT2D eigenvalue weighted by atomic mass is 10.2. The first-order valence-electron chi connectivity index (χ1n) is 6.58. The first-order valence-corrected chi connectivity index (χ1v) is 6.58. The van der Waals surface area contributed by atoms with Gasteiger partial charge in [0.05, 0.1) is 0 Å². The zero-order valence-electron chi connectivity index (χ0n) is 11.2. The molecule has 1 heterocycles. The van der Waals surface area contributed by atoms with Gasteiger partial charge in [0.25, 0.3) is 0 Å². The Hall–Kier alpha value is -1.32. The number of hydrogen-bond donors (Lipinski definition) is 2. The van der Waals surface area contributed by atoms with Gasteiger partial charge in [-0.25, -0.2) is 9.97 Å². The fourth-order valence-corrected chi connectivity index (χ4v) is 1.73. The van der Waals surface area contributed by atoms with Gasteiger partial charge in [-0.2, -0.15) is 0 Å². The lowest BCUT2D eigenvalue weighted by Crippen LogP contribution is -2.09. The molecule has 0 bridgehead atoms. The van der Waals surface area contributed by atoms with E-state index in [-0.39, 0.29) is 0 Å². The molecule has 0 saturated heterocycles. The number of anilines is 2. The lowest BCUT2D eigenvalue weighted by molar-refractivity contribution is 0.684. The van der Waals surface area contributed by atoms with Gasteiger partial charge in [0.1, 0.15) is 18.0 Å². The van der Waals surface area contributed by atoms with Crippen molar-refractivity contribution in [2.24, 2.45) is 0 Å². The highest BCUT2D eigenvalue weighted by molar-refractivity contribution is 5.56. The second-order valence-corrected chi connectivity index (χ2v) is 4.21. The van der Waals surface area contributed by atoms with E-state index in [2.05, 4.69) is 34.4 Å². The highest BCUT2D eigenvalue weighted by atomic mass is 15.1. The summed E-state index contributed by atoms with van der Waals surface area (Å²) in [6.07, 6.45) is 6.69. The normalized spacial score (nSPS) is 10.3. The third-order valence-electron chi connectivity index (χ3n) is 2.75. The standard InChI is InChI=1S/C13H24N4/c1-4-6-7-8-9-15-13-11(3)12(14-5-2)16-10-17-13/h10H,4-9H2,1-3H3,(H2,14,15,16,17). The first-order chi connectivity index (χ1) is 8.29. The van der Waals surface area contributed by atoms with E-state index >= 15 is 0 Å². The largest absolute Gasteiger partial charge is 0.370 e. The molecule has 0 fully saturated rings. The van der Waals surface area contributed by atoms with Gasteiger partial charge in [0.2, 0.25) is 0 Å². The van der Waals surface area contributed by atoms with Crippen LogP contribution in [0.1, 0.15) is 45.1 Å². The Balaban J connectivity index is 2.44. The van der Waals surface area contributed by atoms with Crippen LogP contribution < -0.4 is 10.6 Å². The first kappa shape index (κ1) is 13.7. The van der Waals surface area contributed by atoms with Crippen LogP contribution in [0.25, 0.3) is 0 Å². The summed E-state index contributed by atoms with van der Waals surface area (Å²) in [6, 6.07) is 0. The predicted octanol–water partition coefficient (Wildman–Crippen LogP) is 3.21. The summed E-state index contributed by atoms with van der Waals surface area (Å²) in [6.45, 7) is 8.22. The zero-order valence-corrected chi connectivity index (χ0v) is 11.2. The molecule has 0 radical (unpaired) electrons. The van der Waals surface area contributed by atoms with E-state index in [0.29, 0.717) is 0 Å². The van der Waals surface area contributed by atoms with Crippen LogP contribution in [0.4, 0.5) is 11.6 Å². The van der Waals surface area contributed by atoms with Gasteiger partial charge >= 0.3 is 0 Å². The van der Waals surface area contributed by atoms with Gasteiger partial charge in [-0.1, -0.05) is 26.2 Å². The molecule has 2 N–H and O–H groups in total. The molecule has 1 aromatic heterocycles. The number of hydrogen-bond acceptors (Lipinski definition) is 4. The molecule has 0 unspecified atom stereocenters. The molecule has 1 aromatic rings. The second kappa shape index (κ2) is 7.87. The van der Waals surface area contributed by atoms with Crippen molar-refractivity contribution < 1.29 is 0 Å². The van der Waals surface area contributed by atoms with Gasteiger partial charge in [0.15, 0.2) is 0 Å². The van der Waals surface area contributed by atoms with Crippen molar-refractivity contribution >= 4 is 11.6 Å². The quantitative estimate of drug-likeness (QED) is 0.680. The Kier molecular flexibility index (Phi) is 6.37. The molecule has 0 aliphatic rings. The zero-order chi connectivity index (χ0) is 12.5. The van der Waals surface area contributed by atoms with Crippen LogP contribution in [0.2, 0.25) is 0 Å². The molecule has 0 aliphatic carbocycles. The van der Waals surface area contributed by atoms with E-state index in [1.165, 1.54) is 25.7 Å². The van der Waals surface area contributed by atoms with Gasteiger partial charge < -0.3 is 10.6 Å². The molecule has 0 amide bonds. The van der Waals surface area contributed by atoms with Crippen LogP contribution >= 0.6 is 0 Å². The number of rotatable bonds is 8. The molecular formula is C13H24N4. The maximum atomic E-state index is 4.28. The molecule has 0 aliphatic heterocycles. The van der Waals surface area contributed by atoms with E-state index in [1.54, 1.807) is 6.33 Å². The van der Waals surface area contributed by atoms with Crippen molar-refractivity contribution in [2.75, 3.05) is 23.7 Å². The van der Waals surface area contributed by atoms with Gasteiger partial charge in [-0.15, -0.1) is 0 Å². The van der Waals surface area contributed by atoms with Gasteiger partial charge in [-0.05, 0) is 20.3 Å². The topological polar surface area (TPSA) is 49.8 Å².